The number of aliphatic hydroxyl groups is 1. The average molecular weight is 370 g/mol. The summed E-state index contributed by atoms with van der Waals surface area (Å²) < 4.78 is 21.5. The zero-order valence-corrected chi connectivity index (χ0v) is 15.5. The Balaban J connectivity index is 1.96. The van der Waals surface area contributed by atoms with Gasteiger partial charge in [0.05, 0.1) is 12.3 Å². The second kappa shape index (κ2) is 8.31. The number of hydrogen-bond donors (Lipinski definition) is 1. The summed E-state index contributed by atoms with van der Waals surface area (Å²) >= 11 is 0. The molecule has 5 nitrogen and oxygen atoms in total. The Kier molecular flexibility index (Phi) is 5.86. The fourth-order valence-corrected chi connectivity index (χ4v) is 3.41. The number of benzene rings is 1. The van der Waals surface area contributed by atoms with Gasteiger partial charge in [0.1, 0.15) is 11.5 Å². The van der Waals surface area contributed by atoms with Crippen LogP contribution in [0.2, 0.25) is 0 Å². The van der Waals surface area contributed by atoms with Crippen molar-refractivity contribution in [2.45, 2.75) is 32.6 Å². The fraction of sp³-hybridized carbons (Fsp3) is 0.333. The standard InChI is InChI=1S/C21H23FN2O3/c1-3-27-19-9-6-11-24-20(14(2)23-21(19)24)18(26)13-15(10-12-25)16-7-4-5-8-17(16)22/h4-9,11,15,25H,3,10,12-13H2,1-2H3/t15-/m1/s1. The Bertz CT molecular complexity index is 952. The van der Waals surface area contributed by atoms with E-state index in [2.05, 4.69) is 4.98 Å². The molecule has 3 rings (SSSR count). The number of Topliss-reactive ketones (excluding diaryl/α,β-unsaturated/α-hetero) is 1. The van der Waals surface area contributed by atoms with Gasteiger partial charge in [-0.25, -0.2) is 9.37 Å². The van der Waals surface area contributed by atoms with E-state index < -0.39 is 5.92 Å². The number of fused-ring (bicyclic) bond motifs is 1. The highest BCUT2D eigenvalue weighted by Gasteiger charge is 2.24. The van der Waals surface area contributed by atoms with Crippen LogP contribution < -0.4 is 4.74 Å². The highest BCUT2D eigenvalue weighted by molar-refractivity contribution is 5.97. The maximum Gasteiger partial charge on any atom is 0.182 e. The lowest BCUT2D eigenvalue weighted by molar-refractivity contribution is 0.0962. The SMILES string of the molecule is CCOc1cccn2c(C(=O)C[C@@H](CCO)c3ccccc3F)c(C)nc12. The van der Waals surface area contributed by atoms with Gasteiger partial charge in [-0.05, 0) is 49.9 Å². The average Bonchev–Trinajstić information content (AvgIpc) is 2.99. The molecule has 6 heteroatoms. The quantitative estimate of drug-likeness (QED) is 0.611. The number of nitrogens with zero attached hydrogens (tertiary/aromatic N) is 2. The van der Waals surface area contributed by atoms with Crippen molar-refractivity contribution in [1.29, 1.82) is 0 Å². The molecule has 0 aliphatic heterocycles. The molecule has 2 aromatic heterocycles. The number of imidazole rings is 1. The number of aliphatic hydroxyl groups excluding tert-OH is 1. The first-order valence-electron chi connectivity index (χ1n) is 9.05. The summed E-state index contributed by atoms with van der Waals surface area (Å²) in [6, 6.07) is 10.0. The lowest BCUT2D eigenvalue weighted by Crippen LogP contribution is -2.13. The number of ether oxygens (including phenoxy) is 1. The van der Waals surface area contributed by atoms with Crippen molar-refractivity contribution in [2.75, 3.05) is 13.2 Å². The smallest absolute Gasteiger partial charge is 0.182 e. The number of pyridine rings is 1. The molecule has 0 spiro atoms. The minimum absolute atomic E-state index is 0.0923. The monoisotopic (exact) mass is 370 g/mol. The van der Waals surface area contributed by atoms with E-state index >= 15 is 0 Å². The van der Waals surface area contributed by atoms with Gasteiger partial charge in [-0.3, -0.25) is 9.20 Å². The van der Waals surface area contributed by atoms with E-state index in [0.29, 0.717) is 41.4 Å². The molecular formula is C21H23FN2O3. The summed E-state index contributed by atoms with van der Waals surface area (Å²) in [6.07, 6.45) is 2.18. The van der Waals surface area contributed by atoms with E-state index in [-0.39, 0.29) is 24.6 Å². The summed E-state index contributed by atoms with van der Waals surface area (Å²) in [4.78, 5) is 17.6. The molecule has 0 bridgehead atoms. The van der Waals surface area contributed by atoms with Crippen LogP contribution >= 0.6 is 0 Å². The summed E-state index contributed by atoms with van der Waals surface area (Å²) in [7, 11) is 0. The normalized spacial score (nSPS) is 12.3. The topological polar surface area (TPSA) is 63.8 Å². The Morgan fingerprint density at radius 3 is 2.78 bits per heavy atom. The van der Waals surface area contributed by atoms with E-state index in [9.17, 15) is 14.3 Å². The third-order valence-electron chi connectivity index (χ3n) is 4.61. The van der Waals surface area contributed by atoms with Gasteiger partial charge in [-0.2, -0.15) is 0 Å². The number of ketones is 1. The van der Waals surface area contributed by atoms with Gasteiger partial charge in [0.25, 0.3) is 0 Å². The van der Waals surface area contributed by atoms with Crippen molar-refractivity contribution < 1.29 is 19.0 Å². The number of aromatic nitrogens is 2. The zero-order valence-electron chi connectivity index (χ0n) is 15.5. The number of aryl methyl sites for hydroxylation is 1. The molecule has 27 heavy (non-hydrogen) atoms. The molecule has 0 aliphatic carbocycles. The Hall–Kier alpha value is -2.73. The molecule has 2 heterocycles. The third kappa shape index (κ3) is 3.85. The van der Waals surface area contributed by atoms with Crippen LogP contribution in [0.25, 0.3) is 5.65 Å². The summed E-state index contributed by atoms with van der Waals surface area (Å²) in [5.74, 6) is -0.292. The maximum atomic E-state index is 14.2. The minimum Gasteiger partial charge on any atom is -0.490 e. The van der Waals surface area contributed by atoms with Crippen LogP contribution in [0.15, 0.2) is 42.6 Å². The largest absolute Gasteiger partial charge is 0.490 e. The van der Waals surface area contributed by atoms with Crippen LogP contribution in [0.1, 0.15) is 47.4 Å². The lowest BCUT2D eigenvalue weighted by Gasteiger charge is -2.16. The van der Waals surface area contributed by atoms with Crippen molar-refractivity contribution in [3.63, 3.8) is 0 Å². The molecule has 0 saturated carbocycles. The summed E-state index contributed by atoms with van der Waals surface area (Å²) in [5, 5.41) is 9.39. The highest BCUT2D eigenvalue weighted by Crippen LogP contribution is 2.29. The van der Waals surface area contributed by atoms with Crippen LogP contribution in [0.3, 0.4) is 0 Å². The second-order valence-electron chi connectivity index (χ2n) is 6.40. The van der Waals surface area contributed by atoms with E-state index in [1.807, 2.05) is 13.0 Å². The molecular weight excluding hydrogens is 347 g/mol. The van der Waals surface area contributed by atoms with Crippen molar-refractivity contribution in [3.8, 4) is 5.75 Å². The van der Waals surface area contributed by atoms with E-state index in [1.54, 1.807) is 41.8 Å². The molecule has 0 fully saturated rings. The summed E-state index contributed by atoms with van der Waals surface area (Å²) in [6.45, 7) is 4.05. The molecule has 0 unspecified atom stereocenters. The number of hydrogen-bond acceptors (Lipinski definition) is 4. The van der Waals surface area contributed by atoms with Gasteiger partial charge in [0.2, 0.25) is 0 Å². The maximum absolute atomic E-state index is 14.2. The molecule has 0 saturated heterocycles. The Morgan fingerprint density at radius 1 is 1.30 bits per heavy atom. The first kappa shape index (κ1) is 19.0. The van der Waals surface area contributed by atoms with Crippen molar-refractivity contribution in [2.24, 2.45) is 0 Å². The molecule has 1 N–H and O–H groups in total. The molecule has 0 aliphatic rings. The zero-order chi connectivity index (χ0) is 19.4. The number of carbonyl (C=O) groups excluding carboxylic acids is 1. The molecule has 142 valence electrons. The van der Waals surface area contributed by atoms with Crippen LogP contribution in [-0.2, 0) is 0 Å². The summed E-state index contributed by atoms with van der Waals surface area (Å²) in [5.41, 5.74) is 2.10. The van der Waals surface area contributed by atoms with Gasteiger partial charge in [-0.15, -0.1) is 0 Å². The van der Waals surface area contributed by atoms with Gasteiger partial charge >= 0.3 is 0 Å². The van der Waals surface area contributed by atoms with Gasteiger partial charge in [-0.1, -0.05) is 18.2 Å². The minimum atomic E-state index is -0.399. The van der Waals surface area contributed by atoms with Crippen LogP contribution in [0, 0.1) is 12.7 Å². The molecule has 0 radical (unpaired) electrons. The Labute approximate surface area is 157 Å². The fourth-order valence-electron chi connectivity index (χ4n) is 3.41. The van der Waals surface area contributed by atoms with Gasteiger partial charge in [0, 0.05) is 19.2 Å². The highest BCUT2D eigenvalue weighted by atomic mass is 19.1. The second-order valence-corrected chi connectivity index (χ2v) is 6.40. The molecule has 1 aromatic carbocycles. The molecule has 1 atom stereocenters. The van der Waals surface area contributed by atoms with E-state index in [0.717, 1.165) is 0 Å². The molecule has 0 amide bonds. The predicted octanol–water partition coefficient (Wildman–Crippen LogP) is 3.92. The number of rotatable bonds is 8. The van der Waals surface area contributed by atoms with Gasteiger partial charge in [0.15, 0.2) is 17.2 Å². The van der Waals surface area contributed by atoms with Crippen LogP contribution in [0.5, 0.6) is 5.75 Å². The Morgan fingerprint density at radius 2 is 2.07 bits per heavy atom. The number of halogens is 1. The van der Waals surface area contributed by atoms with Crippen molar-refractivity contribution >= 4 is 11.4 Å². The van der Waals surface area contributed by atoms with Crippen molar-refractivity contribution in [1.82, 2.24) is 9.38 Å². The number of carbonyl (C=O) groups is 1. The molecule has 3 aromatic rings. The van der Waals surface area contributed by atoms with E-state index in [4.69, 9.17) is 4.74 Å². The predicted molar refractivity (Wildman–Crippen MR) is 101 cm³/mol. The third-order valence-corrected chi connectivity index (χ3v) is 4.61. The van der Waals surface area contributed by atoms with Gasteiger partial charge < -0.3 is 9.84 Å². The van der Waals surface area contributed by atoms with Crippen LogP contribution in [-0.4, -0.2) is 33.5 Å². The first-order valence-corrected chi connectivity index (χ1v) is 9.05. The van der Waals surface area contributed by atoms with Crippen molar-refractivity contribution in [3.05, 3.63) is 65.4 Å². The van der Waals surface area contributed by atoms with E-state index in [1.165, 1.54) is 6.07 Å². The van der Waals surface area contributed by atoms with Crippen LogP contribution in [0.4, 0.5) is 4.39 Å². The lowest BCUT2D eigenvalue weighted by atomic mass is 9.89. The first-order chi connectivity index (χ1) is 13.1.